The Kier molecular flexibility index (Phi) is 3.57. The van der Waals surface area contributed by atoms with Gasteiger partial charge in [-0.15, -0.1) is 0 Å². The van der Waals surface area contributed by atoms with Crippen LogP contribution in [0.4, 0.5) is 0 Å². The van der Waals surface area contributed by atoms with E-state index in [4.69, 9.17) is 0 Å². The molecule has 1 aliphatic carbocycles. The first kappa shape index (κ1) is 12.2. The molecule has 94 valence electrons. The summed E-state index contributed by atoms with van der Waals surface area (Å²) in [6, 6.07) is -0.566. The maximum Gasteiger partial charge on any atom is 0.243 e. The van der Waals surface area contributed by atoms with E-state index in [9.17, 15) is 14.4 Å². The van der Waals surface area contributed by atoms with Crippen molar-refractivity contribution in [3.05, 3.63) is 0 Å². The second-order valence-electron chi connectivity index (χ2n) is 4.74. The molecule has 2 rings (SSSR count). The van der Waals surface area contributed by atoms with E-state index in [2.05, 4.69) is 5.32 Å². The van der Waals surface area contributed by atoms with Crippen LogP contribution in [0.15, 0.2) is 0 Å². The molecule has 2 atom stereocenters. The van der Waals surface area contributed by atoms with Crippen LogP contribution in [-0.2, 0) is 14.4 Å². The number of hydrogen-bond acceptors (Lipinski definition) is 4. The molecule has 0 aromatic rings. The summed E-state index contributed by atoms with van der Waals surface area (Å²) in [5.74, 6) is -0.377. The third-order valence-electron chi connectivity index (χ3n) is 3.60. The molecule has 1 aliphatic heterocycles. The number of nitrogens with zero attached hydrogens (tertiary/aromatic N) is 1. The molecule has 0 spiro atoms. The van der Waals surface area contributed by atoms with Gasteiger partial charge in [-0.2, -0.15) is 0 Å². The van der Waals surface area contributed by atoms with Crippen molar-refractivity contribution in [1.29, 1.82) is 0 Å². The largest absolute Gasteiger partial charge is 0.298 e. The zero-order chi connectivity index (χ0) is 12.4. The van der Waals surface area contributed by atoms with Gasteiger partial charge in [0.25, 0.3) is 0 Å². The van der Waals surface area contributed by atoms with Crippen molar-refractivity contribution in [2.45, 2.75) is 51.1 Å². The minimum atomic E-state index is -0.334. The molecule has 5 nitrogen and oxygen atoms in total. The third-order valence-corrected chi connectivity index (χ3v) is 3.60. The molecular formula is C12H18N2O3. The zero-order valence-electron chi connectivity index (χ0n) is 10.1. The second-order valence-corrected chi connectivity index (χ2v) is 4.74. The minimum absolute atomic E-state index is 0.167. The molecule has 2 amide bonds. The van der Waals surface area contributed by atoms with Crippen molar-refractivity contribution >= 4 is 17.6 Å². The van der Waals surface area contributed by atoms with E-state index >= 15 is 0 Å². The van der Waals surface area contributed by atoms with Gasteiger partial charge in [-0.05, 0) is 19.3 Å². The molecule has 1 heterocycles. The maximum absolute atomic E-state index is 11.9. The molecule has 17 heavy (non-hydrogen) atoms. The number of piperazine rings is 1. The fraction of sp³-hybridized carbons (Fsp3) is 0.750. The summed E-state index contributed by atoms with van der Waals surface area (Å²) in [6.45, 7) is 2.07. The SMILES string of the molecule is CCC1C(=O)NC(=O)CN1C1CCCCC1=O. The quantitative estimate of drug-likeness (QED) is 0.700. The van der Waals surface area contributed by atoms with E-state index in [0.29, 0.717) is 12.8 Å². The lowest BCUT2D eigenvalue weighted by Crippen LogP contribution is -2.62. The smallest absolute Gasteiger partial charge is 0.243 e. The van der Waals surface area contributed by atoms with Crippen LogP contribution >= 0.6 is 0 Å². The number of nitrogens with one attached hydrogen (secondary N) is 1. The van der Waals surface area contributed by atoms with Crippen LogP contribution in [0, 0.1) is 0 Å². The Morgan fingerprint density at radius 2 is 2.06 bits per heavy atom. The number of carbonyl (C=O) groups excluding carboxylic acids is 3. The second kappa shape index (κ2) is 4.96. The summed E-state index contributed by atoms with van der Waals surface area (Å²) in [7, 11) is 0. The fourth-order valence-electron chi connectivity index (χ4n) is 2.75. The Bertz CT molecular complexity index is 354. The third kappa shape index (κ3) is 2.39. The van der Waals surface area contributed by atoms with Gasteiger partial charge in [-0.3, -0.25) is 24.6 Å². The lowest BCUT2D eigenvalue weighted by Gasteiger charge is -2.39. The van der Waals surface area contributed by atoms with Crippen molar-refractivity contribution in [2.75, 3.05) is 6.54 Å². The van der Waals surface area contributed by atoms with E-state index in [0.717, 1.165) is 19.3 Å². The Balaban J connectivity index is 2.17. The molecule has 0 bridgehead atoms. The van der Waals surface area contributed by atoms with E-state index in [-0.39, 0.29) is 36.2 Å². The molecule has 1 saturated heterocycles. The molecule has 0 aromatic heterocycles. The van der Waals surface area contributed by atoms with Crippen molar-refractivity contribution in [3.8, 4) is 0 Å². The lowest BCUT2D eigenvalue weighted by atomic mass is 9.90. The van der Waals surface area contributed by atoms with E-state index in [1.165, 1.54) is 0 Å². The van der Waals surface area contributed by atoms with Crippen LogP contribution in [-0.4, -0.2) is 41.1 Å². The van der Waals surface area contributed by atoms with Crippen LogP contribution in [0.3, 0.4) is 0 Å². The first-order valence-electron chi connectivity index (χ1n) is 6.25. The summed E-state index contributed by atoms with van der Waals surface area (Å²) in [5, 5.41) is 2.33. The highest BCUT2D eigenvalue weighted by molar-refractivity contribution is 6.01. The Morgan fingerprint density at radius 3 is 2.71 bits per heavy atom. The normalized spacial score (nSPS) is 31.5. The van der Waals surface area contributed by atoms with Gasteiger partial charge in [-0.1, -0.05) is 13.3 Å². The van der Waals surface area contributed by atoms with Crippen LogP contribution in [0.1, 0.15) is 39.0 Å². The number of imide groups is 1. The molecule has 2 unspecified atom stereocenters. The number of rotatable bonds is 2. The van der Waals surface area contributed by atoms with Crippen molar-refractivity contribution in [2.24, 2.45) is 0 Å². The van der Waals surface area contributed by atoms with Gasteiger partial charge in [0.2, 0.25) is 11.8 Å². The fourth-order valence-corrected chi connectivity index (χ4v) is 2.75. The predicted octanol–water partition coefficient (Wildman–Crippen LogP) is 0.235. The van der Waals surface area contributed by atoms with Gasteiger partial charge in [0.1, 0.15) is 5.78 Å². The Labute approximate surface area is 101 Å². The van der Waals surface area contributed by atoms with Crippen molar-refractivity contribution < 1.29 is 14.4 Å². The average Bonchev–Trinajstić information content (AvgIpc) is 2.28. The van der Waals surface area contributed by atoms with Crippen LogP contribution in [0.2, 0.25) is 0 Å². The van der Waals surface area contributed by atoms with E-state index in [1.807, 2.05) is 6.92 Å². The van der Waals surface area contributed by atoms with Gasteiger partial charge in [-0.25, -0.2) is 0 Å². The minimum Gasteiger partial charge on any atom is -0.298 e. The highest BCUT2D eigenvalue weighted by atomic mass is 16.2. The lowest BCUT2D eigenvalue weighted by molar-refractivity contribution is -0.144. The summed E-state index contributed by atoms with van der Waals surface area (Å²) in [6.07, 6.45) is 3.91. The molecule has 2 fully saturated rings. The topological polar surface area (TPSA) is 66.5 Å². The van der Waals surface area contributed by atoms with E-state index < -0.39 is 0 Å². The van der Waals surface area contributed by atoms with Gasteiger partial charge in [0.15, 0.2) is 0 Å². The monoisotopic (exact) mass is 238 g/mol. The Morgan fingerprint density at radius 1 is 1.29 bits per heavy atom. The summed E-state index contributed by atoms with van der Waals surface area (Å²) in [4.78, 5) is 36.8. The van der Waals surface area contributed by atoms with Crippen LogP contribution in [0.25, 0.3) is 0 Å². The molecule has 1 saturated carbocycles. The number of Topliss-reactive ketones (excluding diaryl/α,β-unsaturated/α-hetero) is 1. The number of amides is 2. The van der Waals surface area contributed by atoms with Gasteiger partial charge in [0.05, 0.1) is 18.6 Å². The zero-order valence-corrected chi connectivity index (χ0v) is 10.1. The molecule has 5 heteroatoms. The maximum atomic E-state index is 11.9. The predicted molar refractivity (Wildman–Crippen MR) is 61.2 cm³/mol. The molecule has 0 radical (unpaired) electrons. The average molecular weight is 238 g/mol. The van der Waals surface area contributed by atoms with Gasteiger partial charge < -0.3 is 0 Å². The van der Waals surface area contributed by atoms with Crippen molar-refractivity contribution in [3.63, 3.8) is 0 Å². The molecule has 2 aliphatic rings. The van der Waals surface area contributed by atoms with Gasteiger partial charge >= 0.3 is 0 Å². The number of hydrogen-bond donors (Lipinski definition) is 1. The molecule has 0 aromatic carbocycles. The van der Waals surface area contributed by atoms with Crippen molar-refractivity contribution in [1.82, 2.24) is 10.2 Å². The highest BCUT2D eigenvalue weighted by Gasteiger charge is 2.39. The van der Waals surface area contributed by atoms with Crippen LogP contribution in [0.5, 0.6) is 0 Å². The Hall–Kier alpha value is -1.23. The number of ketones is 1. The number of carbonyl (C=O) groups is 3. The first-order valence-corrected chi connectivity index (χ1v) is 6.25. The van der Waals surface area contributed by atoms with Gasteiger partial charge in [0, 0.05) is 6.42 Å². The summed E-state index contributed by atoms with van der Waals surface area (Å²) in [5.41, 5.74) is 0. The van der Waals surface area contributed by atoms with Crippen LogP contribution < -0.4 is 5.32 Å². The molecular weight excluding hydrogens is 220 g/mol. The standard InChI is InChI=1S/C12H18N2O3/c1-2-8-12(17)13-11(16)7-14(8)9-5-3-4-6-10(9)15/h8-9H,2-7H2,1H3,(H,13,16,17). The summed E-state index contributed by atoms with van der Waals surface area (Å²) < 4.78 is 0. The summed E-state index contributed by atoms with van der Waals surface area (Å²) >= 11 is 0. The van der Waals surface area contributed by atoms with E-state index in [1.54, 1.807) is 4.90 Å². The molecule has 1 N–H and O–H groups in total. The first-order chi connectivity index (χ1) is 8.13. The highest BCUT2D eigenvalue weighted by Crippen LogP contribution is 2.23.